The lowest BCUT2D eigenvalue weighted by atomic mass is 9.88. The number of hydrogen-bond donors (Lipinski definition) is 1. The Labute approximate surface area is 196 Å². The lowest BCUT2D eigenvalue weighted by molar-refractivity contribution is 0.0927. The molecular weight excluding hydrogens is 444 g/mol. The molecule has 1 aliphatic heterocycles. The molecule has 1 unspecified atom stereocenters. The zero-order valence-electron chi connectivity index (χ0n) is 18.3. The number of hydrogen-bond acceptors (Lipinski definition) is 3. The van der Waals surface area contributed by atoms with Gasteiger partial charge in [-0.25, -0.2) is 12.7 Å². The van der Waals surface area contributed by atoms with Crippen LogP contribution >= 0.6 is 11.6 Å². The summed E-state index contributed by atoms with van der Waals surface area (Å²) in [4.78, 5) is 12.9. The summed E-state index contributed by atoms with van der Waals surface area (Å²) in [5, 5.41) is 3.60. The van der Waals surface area contributed by atoms with Crippen molar-refractivity contribution in [1.29, 1.82) is 0 Å². The minimum absolute atomic E-state index is 0.123. The zero-order valence-corrected chi connectivity index (χ0v) is 19.8. The fraction of sp³-hybridized carbons (Fsp3) is 0.480. The summed E-state index contributed by atoms with van der Waals surface area (Å²) in [6, 6.07) is 16.8. The Morgan fingerprint density at radius 1 is 0.969 bits per heavy atom. The number of rotatable bonds is 7. The second kappa shape index (κ2) is 10.4. The molecule has 2 aromatic carbocycles. The number of amides is 1. The number of sulfonamides is 1. The maximum absolute atomic E-state index is 12.9. The molecule has 2 fully saturated rings. The SMILES string of the molecule is O=C(NC(CC1CCN(S(=O)(=O)C2CCCC2)CC1)c1ccccc1)c1ccc(Cl)cc1. The number of benzene rings is 2. The number of piperidine rings is 1. The molecule has 2 aliphatic rings. The van der Waals surface area contributed by atoms with Crippen LogP contribution in [0.3, 0.4) is 0 Å². The van der Waals surface area contributed by atoms with Crippen LogP contribution < -0.4 is 5.32 Å². The van der Waals surface area contributed by atoms with E-state index in [0.29, 0.717) is 29.6 Å². The van der Waals surface area contributed by atoms with Crippen LogP contribution in [0.2, 0.25) is 5.02 Å². The first kappa shape index (κ1) is 23.3. The van der Waals surface area contributed by atoms with Gasteiger partial charge in [-0.2, -0.15) is 0 Å². The molecule has 1 saturated heterocycles. The van der Waals surface area contributed by atoms with Crippen LogP contribution in [0.15, 0.2) is 54.6 Å². The van der Waals surface area contributed by atoms with Crippen molar-refractivity contribution in [3.63, 3.8) is 0 Å². The normalized spacial score (nSPS) is 19.7. The van der Waals surface area contributed by atoms with Crippen LogP contribution in [-0.2, 0) is 10.0 Å². The number of carbonyl (C=O) groups is 1. The summed E-state index contributed by atoms with van der Waals surface area (Å²) >= 11 is 5.95. The highest BCUT2D eigenvalue weighted by molar-refractivity contribution is 7.89. The lowest BCUT2D eigenvalue weighted by Gasteiger charge is -2.34. The highest BCUT2D eigenvalue weighted by Gasteiger charge is 2.36. The predicted octanol–water partition coefficient (Wildman–Crippen LogP) is 5.19. The third kappa shape index (κ3) is 5.53. The fourth-order valence-corrected chi connectivity index (χ4v) is 7.13. The van der Waals surface area contributed by atoms with Crippen LogP contribution in [0.5, 0.6) is 0 Å². The molecule has 1 amide bonds. The van der Waals surface area contributed by atoms with Crippen molar-refractivity contribution >= 4 is 27.5 Å². The molecule has 0 spiro atoms. The molecule has 1 atom stereocenters. The van der Waals surface area contributed by atoms with Crippen molar-refractivity contribution in [3.05, 3.63) is 70.7 Å². The Balaban J connectivity index is 1.41. The van der Waals surface area contributed by atoms with E-state index in [1.54, 1.807) is 28.6 Å². The van der Waals surface area contributed by atoms with Gasteiger partial charge >= 0.3 is 0 Å². The van der Waals surface area contributed by atoms with Crippen LogP contribution in [0.25, 0.3) is 0 Å². The Bertz CT molecular complexity index is 997. The molecule has 32 heavy (non-hydrogen) atoms. The summed E-state index contributed by atoms with van der Waals surface area (Å²) in [5.41, 5.74) is 1.64. The Kier molecular flexibility index (Phi) is 7.54. The van der Waals surface area contributed by atoms with Crippen molar-refractivity contribution in [2.45, 2.75) is 56.2 Å². The first-order chi connectivity index (χ1) is 15.4. The lowest BCUT2D eigenvalue weighted by Crippen LogP contribution is -2.43. The van der Waals surface area contributed by atoms with Gasteiger partial charge < -0.3 is 5.32 Å². The van der Waals surface area contributed by atoms with Crippen LogP contribution in [-0.4, -0.2) is 37.0 Å². The molecule has 1 saturated carbocycles. The molecule has 1 N–H and O–H groups in total. The molecule has 2 aromatic rings. The first-order valence-corrected chi connectivity index (χ1v) is 13.4. The van der Waals surface area contributed by atoms with Gasteiger partial charge in [-0.1, -0.05) is 54.8 Å². The maximum Gasteiger partial charge on any atom is 0.251 e. The molecule has 172 valence electrons. The van der Waals surface area contributed by atoms with Gasteiger partial charge in [0.1, 0.15) is 0 Å². The monoisotopic (exact) mass is 474 g/mol. The summed E-state index contributed by atoms with van der Waals surface area (Å²) in [5.74, 6) is 0.234. The highest BCUT2D eigenvalue weighted by Crippen LogP contribution is 2.33. The van der Waals surface area contributed by atoms with E-state index >= 15 is 0 Å². The predicted molar refractivity (Wildman–Crippen MR) is 128 cm³/mol. The van der Waals surface area contributed by atoms with Crippen molar-refractivity contribution in [1.82, 2.24) is 9.62 Å². The van der Waals surface area contributed by atoms with Crippen LogP contribution in [0.1, 0.15) is 66.9 Å². The summed E-state index contributed by atoms with van der Waals surface area (Å²) in [6.07, 6.45) is 6.09. The van der Waals surface area contributed by atoms with Crippen molar-refractivity contribution in [3.8, 4) is 0 Å². The van der Waals surface area contributed by atoms with Gasteiger partial charge in [-0.3, -0.25) is 4.79 Å². The smallest absolute Gasteiger partial charge is 0.251 e. The molecular formula is C25H31ClN2O3S. The van der Waals surface area contributed by atoms with Crippen LogP contribution in [0.4, 0.5) is 0 Å². The van der Waals surface area contributed by atoms with Crippen molar-refractivity contribution in [2.24, 2.45) is 5.92 Å². The third-order valence-electron chi connectivity index (χ3n) is 6.84. The van der Waals surface area contributed by atoms with Gasteiger partial charge in [-0.05, 0) is 67.9 Å². The van der Waals surface area contributed by atoms with Gasteiger partial charge in [-0.15, -0.1) is 0 Å². The fourth-order valence-electron chi connectivity index (χ4n) is 4.94. The van der Waals surface area contributed by atoms with E-state index < -0.39 is 10.0 Å². The Hall–Kier alpha value is -1.89. The average molecular weight is 475 g/mol. The molecule has 5 nitrogen and oxygen atoms in total. The summed E-state index contributed by atoms with van der Waals surface area (Å²) < 4.78 is 27.6. The largest absolute Gasteiger partial charge is 0.345 e. The molecule has 0 radical (unpaired) electrons. The summed E-state index contributed by atoms with van der Waals surface area (Å²) in [7, 11) is -3.17. The van der Waals surface area contributed by atoms with E-state index in [4.69, 9.17) is 11.6 Å². The van der Waals surface area contributed by atoms with Gasteiger partial charge in [0.15, 0.2) is 0 Å². The van der Waals surface area contributed by atoms with E-state index in [0.717, 1.165) is 50.5 Å². The number of nitrogens with zero attached hydrogens (tertiary/aromatic N) is 1. The Morgan fingerprint density at radius 2 is 1.59 bits per heavy atom. The summed E-state index contributed by atoms with van der Waals surface area (Å²) in [6.45, 7) is 1.16. The molecule has 1 heterocycles. The van der Waals surface area contributed by atoms with Crippen molar-refractivity contribution < 1.29 is 13.2 Å². The van der Waals surface area contributed by atoms with Gasteiger partial charge in [0.2, 0.25) is 10.0 Å². The first-order valence-electron chi connectivity index (χ1n) is 11.5. The average Bonchev–Trinajstić information content (AvgIpc) is 3.36. The van der Waals surface area contributed by atoms with E-state index in [1.807, 2.05) is 30.3 Å². The van der Waals surface area contributed by atoms with E-state index in [9.17, 15) is 13.2 Å². The van der Waals surface area contributed by atoms with Crippen LogP contribution in [0, 0.1) is 5.92 Å². The third-order valence-corrected chi connectivity index (χ3v) is 9.49. The van der Waals surface area contributed by atoms with Gasteiger partial charge in [0.25, 0.3) is 5.91 Å². The van der Waals surface area contributed by atoms with E-state index in [2.05, 4.69) is 5.32 Å². The molecule has 4 rings (SSSR count). The Morgan fingerprint density at radius 3 is 2.22 bits per heavy atom. The molecule has 1 aliphatic carbocycles. The van der Waals surface area contributed by atoms with E-state index in [1.165, 1.54) is 0 Å². The van der Waals surface area contributed by atoms with E-state index in [-0.39, 0.29) is 17.2 Å². The minimum Gasteiger partial charge on any atom is -0.345 e. The quantitative estimate of drug-likeness (QED) is 0.600. The minimum atomic E-state index is -3.17. The molecule has 0 bridgehead atoms. The zero-order chi connectivity index (χ0) is 22.6. The standard InChI is InChI=1S/C25H31ClN2O3S/c26-22-12-10-21(11-13-22)25(29)27-24(20-6-2-1-3-7-20)18-19-14-16-28(17-15-19)32(30,31)23-8-4-5-9-23/h1-3,6-7,10-13,19,23-24H,4-5,8-9,14-18H2,(H,27,29). The number of nitrogens with one attached hydrogen (secondary N) is 1. The highest BCUT2D eigenvalue weighted by atomic mass is 35.5. The van der Waals surface area contributed by atoms with Gasteiger partial charge in [0, 0.05) is 23.7 Å². The molecule has 7 heteroatoms. The second-order valence-electron chi connectivity index (χ2n) is 8.97. The number of carbonyl (C=O) groups excluding carboxylic acids is 1. The topological polar surface area (TPSA) is 66.5 Å². The second-order valence-corrected chi connectivity index (χ2v) is 11.6. The maximum atomic E-state index is 12.9. The van der Waals surface area contributed by atoms with Gasteiger partial charge in [0.05, 0.1) is 11.3 Å². The van der Waals surface area contributed by atoms with Crippen molar-refractivity contribution in [2.75, 3.05) is 13.1 Å². The number of halogens is 1. The molecule has 0 aromatic heterocycles.